The van der Waals surface area contributed by atoms with Crippen molar-refractivity contribution in [2.75, 3.05) is 7.11 Å². The third-order valence-corrected chi connectivity index (χ3v) is 5.28. The van der Waals surface area contributed by atoms with E-state index in [9.17, 15) is 9.59 Å². The predicted molar refractivity (Wildman–Crippen MR) is 106 cm³/mol. The van der Waals surface area contributed by atoms with Crippen LogP contribution in [0.15, 0.2) is 36.5 Å². The Labute approximate surface area is 171 Å². The van der Waals surface area contributed by atoms with Crippen LogP contribution >= 0.6 is 45.5 Å². The maximum Gasteiger partial charge on any atom is 0.340 e. The Morgan fingerprint density at radius 3 is 2.85 bits per heavy atom. The number of rotatable bonds is 5. The average Bonchev–Trinajstić information content (AvgIpc) is 3.28. The highest BCUT2D eigenvalue weighted by molar-refractivity contribution is 14.1. The Morgan fingerprint density at radius 2 is 2.15 bits per heavy atom. The second kappa shape index (κ2) is 8.14. The van der Waals surface area contributed by atoms with Crippen LogP contribution in [0.3, 0.4) is 0 Å². The van der Waals surface area contributed by atoms with Gasteiger partial charge in [0.05, 0.1) is 40.3 Å². The highest BCUT2D eigenvalue weighted by Gasteiger charge is 2.16. The van der Waals surface area contributed by atoms with Crippen LogP contribution in [0.1, 0.15) is 25.7 Å². The fourth-order valence-electron chi connectivity index (χ4n) is 2.17. The molecular formula is C16H12ClIN4O3S. The number of carbonyl (C=O) groups excluding carboxylic acids is 2. The summed E-state index contributed by atoms with van der Waals surface area (Å²) >= 11 is 9.15. The van der Waals surface area contributed by atoms with E-state index in [1.54, 1.807) is 30.5 Å². The van der Waals surface area contributed by atoms with Crippen molar-refractivity contribution >= 4 is 57.4 Å². The molecule has 26 heavy (non-hydrogen) atoms. The van der Waals surface area contributed by atoms with E-state index in [1.165, 1.54) is 23.1 Å². The molecule has 0 aliphatic heterocycles. The smallest absolute Gasteiger partial charge is 0.340 e. The number of hydrogen-bond donors (Lipinski definition) is 1. The van der Waals surface area contributed by atoms with Gasteiger partial charge in [-0.15, -0.1) is 16.4 Å². The number of benzene rings is 1. The van der Waals surface area contributed by atoms with Gasteiger partial charge in [0.15, 0.2) is 0 Å². The number of nitrogens with one attached hydrogen (secondary N) is 1. The molecule has 134 valence electrons. The molecule has 0 aliphatic rings. The van der Waals surface area contributed by atoms with Gasteiger partial charge in [0.1, 0.15) is 5.69 Å². The molecule has 1 amide bonds. The van der Waals surface area contributed by atoms with Gasteiger partial charge in [0, 0.05) is 3.57 Å². The number of nitrogens with zero attached hydrogens (tertiary/aromatic N) is 3. The lowest BCUT2D eigenvalue weighted by atomic mass is 10.2. The molecule has 2 heterocycles. The minimum absolute atomic E-state index is 0.201. The zero-order chi connectivity index (χ0) is 18.7. The summed E-state index contributed by atoms with van der Waals surface area (Å²) in [5, 5.41) is 10.8. The third-order valence-electron chi connectivity index (χ3n) is 3.38. The first-order chi connectivity index (χ1) is 12.5. The number of halogens is 2. The highest BCUT2D eigenvalue weighted by atomic mass is 127. The van der Waals surface area contributed by atoms with Gasteiger partial charge in [-0.25, -0.2) is 9.48 Å². The molecule has 0 atom stereocenters. The first kappa shape index (κ1) is 18.8. The fourth-order valence-corrected chi connectivity index (χ4v) is 3.62. The average molecular weight is 503 g/mol. The van der Waals surface area contributed by atoms with E-state index in [4.69, 9.17) is 16.3 Å². The maximum absolute atomic E-state index is 12.1. The molecule has 0 unspecified atom stereocenters. The molecule has 2 aromatic heterocycles. The molecule has 3 aromatic rings. The van der Waals surface area contributed by atoms with Gasteiger partial charge in [-0.2, -0.15) is 0 Å². The Morgan fingerprint density at radius 1 is 1.35 bits per heavy atom. The second-order valence-electron chi connectivity index (χ2n) is 5.09. The van der Waals surface area contributed by atoms with E-state index in [0.717, 1.165) is 3.57 Å². The normalized spacial score (nSPS) is 10.6. The van der Waals surface area contributed by atoms with E-state index in [2.05, 4.69) is 38.2 Å². The van der Waals surface area contributed by atoms with Crippen molar-refractivity contribution in [3.05, 3.63) is 60.6 Å². The molecule has 0 bridgehead atoms. The fraction of sp³-hybridized carbons (Fsp3) is 0.125. The Balaban J connectivity index is 1.76. The van der Waals surface area contributed by atoms with E-state index in [0.29, 0.717) is 26.2 Å². The van der Waals surface area contributed by atoms with Crippen LogP contribution in [0.25, 0.3) is 5.69 Å². The number of methoxy groups -OCH3 is 1. The molecule has 0 saturated carbocycles. The first-order valence-electron chi connectivity index (χ1n) is 7.31. The van der Waals surface area contributed by atoms with Crippen LogP contribution in [0.2, 0.25) is 4.34 Å². The van der Waals surface area contributed by atoms with E-state index >= 15 is 0 Å². The summed E-state index contributed by atoms with van der Waals surface area (Å²) in [6.07, 6.45) is 1.65. The summed E-state index contributed by atoms with van der Waals surface area (Å²) < 4.78 is 7.75. The van der Waals surface area contributed by atoms with Crippen molar-refractivity contribution in [2.45, 2.75) is 6.54 Å². The summed E-state index contributed by atoms with van der Waals surface area (Å²) in [5.74, 6) is -0.695. The molecule has 0 saturated heterocycles. The standard InChI is InChI=1S/C16H12ClIN4O3S/c1-25-16(24)11-6-9(18)2-3-12(11)22-8-10(20-21-22)7-19-15(23)13-4-5-14(17)26-13/h2-6,8H,7H2,1H3,(H,19,23). The van der Waals surface area contributed by atoms with Crippen LogP contribution in [-0.2, 0) is 11.3 Å². The van der Waals surface area contributed by atoms with Gasteiger partial charge >= 0.3 is 5.97 Å². The molecular weight excluding hydrogens is 491 g/mol. The summed E-state index contributed by atoms with van der Waals surface area (Å²) in [6, 6.07) is 8.66. The summed E-state index contributed by atoms with van der Waals surface area (Å²) in [4.78, 5) is 24.6. The highest BCUT2D eigenvalue weighted by Crippen LogP contribution is 2.21. The molecule has 10 heteroatoms. The van der Waals surface area contributed by atoms with Gasteiger partial charge in [0.25, 0.3) is 5.91 Å². The summed E-state index contributed by atoms with van der Waals surface area (Å²) in [5.41, 5.74) is 1.48. The van der Waals surface area contributed by atoms with Crippen molar-refractivity contribution < 1.29 is 14.3 Å². The van der Waals surface area contributed by atoms with Crippen molar-refractivity contribution in [3.8, 4) is 5.69 Å². The Hall–Kier alpha value is -1.98. The lowest BCUT2D eigenvalue weighted by Gasteiger charge is -2.07. The van der Waals surface area contributed by atoms with Crippen LogP contribution in [0, 0.1) is 3.57 Å². The van der Waals surface area contributed by atoms with Gasteiger partial charge in [-0.3, -0.25) is 4.79 Å². The third kappa shape index (κ3) is 4.22. The largest absolute Gasteiger partial charge is 0.465 e. The SMILES string of the molecule is COC(=O)c1cc(I)ccc1-n1cc(CNC(=O)c2ccc(Cl)s2)nn1. The number of amides is 1. The molecule has 1 N–H and O–H groups in total. The van der Waals surface area contributed by atoms with Gasteiger partial charge in [0.2, 0.25) is 0 Å². The predicted octanol–water partition coefficient (Wildman–Crippen LogP) is 3.30. The van der Waals surface area contributed by atoms with E-state index < -0.39 is 5.97 Å². The van der Waals surface area contributed by atoms with Crippen LogP contribution < -0.4 is 5.32 Å². The number of aromatic nitrogens is 3. The molecule has 1 aromatic carbocycles. The first-order valence-corrected chi connectivity index (χ1v) is 9.58. The van der Waals surface area contributed by atoms with Gasteiger partial charge in [-0.1, -0.05) is 16.8 Å². The van der Waals surface area contributed by atoms with E-state index in [-0.39, 0.29) is 12.5 Å². The number of hydrogen-bond acceptors (Lipinski definition) is 6. The van der Waals surface area contributed by atoms with Crippen molar-refractivity contribution in [1.82, 2.24) is 20.3 Å². The maximum atomic E-state index is 12.1. The summed E-state index contributed by atoms with van der Waals surface area (Å²) in [6.45, 7) is 0.201. The molecule has 0 aliphatic carbocycles. The molecule has 3 rings (SSSR count). The summed E-state index contributed by atoms with van der Waals surface area (Å²) in [7, 11) is 1.32. The quantitative estimate of drug-likeness (QED) is 0.427. The van der Waals surface area contributed by atoms with Crippen LogP contribution in [0.5, 0.6) is 0 Å². The van der Waals surface area contributed by atoms with Gasteiger partial charge in [-0.05, 0) is 52.9 Å². The second-order valence-corrected chi connectivity index (χ2v) is 8.05. The zero-order valence-electron chi connectivity index (χ0n) is 13.4. The van der Waals surface area contributed by atoms with Crippen LogP contribution in [-0.4, -0.2) is 34.0 Å². The van der Waals surface area contributed by atoms with Crippen molar-refractivity contribution in [2.24, 2.45) is 0 Å². The Bertz CT molecular complexity index is 972. The monoisotopic (exact) mass is 502 g/mol. The van der Waals surface area contributed by atoms with Gasteiger partial charge < -0.3 is 10.1 Å². The lowest BCUT2D eigenvalue weighted by molar-refractivity contribution is 0.0600. The molecule has 0 spiro atoms. The van der Waals surface area contributed by atoms with Crippen molar-refractivity contribution in [1.29, 1.82) is 0 Å². The zero-order valence-corrected chi connectivity index (χ0v) is 17.1. The van der Waals surface area contributed by atoms with Crippen molar-refractivity contribution in [3.63, 3.8) is 0 Å². The number of thiophene rings is 1. The Kier molecular flexibility index (Phi) is 5.89. The minimum atomic E-state index is -0.460. The molecule has 0 radical (unpaired) electrons. The van der Waals surface area contributed by atoms with Crippen LogP contribution in [0.4, 0.5) is 0 Å². The molecule has 7 nitrogen and oxygen atoms in total. The molecule has 0 fully saturated rings. The van der Waals surface area contributed by atoms with E-state index in [1.807, 2.05) is 6.07 Å². The minimum Gasteiger partial charge on any atom is -0.465 e. The number of carbonyl (C=O) groups is 2. The number of ether oxygens (including phenoxy) is 1. The topological polar surface area (TPSA) is 86.1 Å². The number of esters is 1. The lowest BCUT2D eigenvalue weighted by Crippen LogP contribution is -2.21.